The summed E-state index contributed by atoms with van der Waals surface area (Å²) in [6.07, 6.45) is 3.18. The van der Waals surface area contributed by atoms with Gasteiger partial charge in [0.15, 0.2) is 0 Å². The Morgan fingerprint density at radius 3 is 2.95 bits per heavy atom. The lowest BCUT2D eigenvalue weighted by atomic mass is 10.1. The second-order valence-electron chi connectivity index (χ2n) is 5.45. The van der Waals surface area contributed by atoms with Crippen molar-refractivity contribution in [1.29, 1.82) is 0 Å². The van der Waals surface area contributed by atoms with Crippen LogP contribution in [0.4, 0.5) is 5.69 Å². The van der Waals surface area contributed by atoms with Crippen molar-refractivity contribution in [2.24, 2.45) is 5.92 Å². The maximum atomic E-state index is 5.37. The van der Waals surface area contributed by atoms with E-state index in [-0.39, 0.29) is 0 Å². The van der Waals surface area contributed by atoms with Crippen LogP contribution in [0.25, 0.3) is 0 Å². The lowest BCUT2D eigenvalue weighted by molar-refractivity contribution is 0.327. The van der Waals surface area contributed by atoms with Crippen molar-refractivity contribution >= 4 is 5.69 Å². The van der Waals surface area contributed by atoms with E-state index < -0.39 is 0 Å². The van der Waals surface area contributed by atoms with Gasteiger partial charge in [-0.05, 0) is 31.9 Å². The molecule has 0 aliphatic carbocycles. The van der Waals surface area contributed by atoms with Crippen LogP contribution in [0.2, 0.25) is 0 Å². The van der Waals surface area contributed by atoms with Gasteiger partial charge in [-0.3, -0.25) is 0 Å². The molecule has 1 atom stereocenters. The van der Waals surface area contributed by atoms with Crippen molar-refractivity contribution in [3.05, 3.63) is 18.3 Å². The van der Waals surface area contributed by atoms with E-state index in [1.165, 1.54) is 12.1 Å². The van der Waals surface area contributed by atoms with E-state index in [0.29, 0.717) is 18.5 Å². The van der Waals surface area contributed by atoms with Gasteiger partial charge in [0, 0.05) is 25.2 Å². The molecule has 19 heavy (non-hydrogen) atoms. The van der Waals surface area contributed by atoms with Crippen molar-refractivity contribution in [2.75, 3.05) is 31.1 Å². The minimum Gasteiger partial charge on any atom is -0.478 e. The van der Waals surface area contributed by atoms with Crippen molar-refractivity contribution in [2.45, 2.75) is 33.2 Å². The summed E-state index contributed by atoms with van der Waals surface area (Å²) in [6, 6.07) is 4.63. The lowest BCUT2D eigenvalue weighted by Gasteiger charge is -2.19. The third-order valence-corrected chi connectivity index (χ3v) is 3.48. The number of rotatable bonds is 6. The average Bonchev–Trinajstić information content (AvgIpc) is 2.86. The van der Waals surface area contributed by atoms with Crippen molar-refractivity contribution < 1.29 is 4.74 Å². The van der Waals surface area contributed by atoms with E-state index >= 15 is 0 Å². The summed E-state index contributed by atoms with van der Waals surface area (Å²) in [5, 5.41) is 3.52. The lowest BCUT2D eigenvalue weighted by Crippen LogP contribution is -2.30. The topological polar surface area (TPSA) is 37.4 Å². The molecule has 1 aromatic heterocycles. The first-order valence-corrected chi connectivity index (χ1v) is 7.26. The van der Waals surface area contributed by atoms with Crippen LogP contribution in [0, 0.1) is 5.92 Å². The summed E-state index contributed by atoms with van der Waals surface area (Å²) in [4.78, 5) is 6.74. The molecule has 0 bridgehead atoms. The molecule has 106 valence electrons. The molecule has 0 amide bonds. The molecule has 4 nitrogen and oxygen atoms in total. The first kappa shape index (κ1) is 14.1. The highest BCUT2D eigenvalue weighted by molar-refractivity contribution is 5.46. The highest BCUT2D eigenvalue weighted by Crippen LogP contribution is 2.24. The number of aromatic nitrogens is 1. The van der Waals surface area contributed by atoms with E-state index in [2.05, 4.69) is 35.1 Å². The fraction of sp³-hybridized carbons (Fsp3) is 0.667. The summed E-state index contributed by atoms with van der Waals surface area (Å²) in [5.74, 6) is 1.46. The Morgan fingerprint density at radius 2 is 2.32 bits per heavy atom. The van der Waals surface area contributed by atoms with Gasteiger partial charge in [-0.25, -0.2) is 4.98 Å². The standard InChI is InChI=1S/C15H25N3O/c1-4-19-15-6-5-14(10-17-15)18-8-7-13(11-18)9-16-12(2)3/h5-6,10,12-13,16H,4,7-9,11H2,1-3H3. The van der Waals surface area contributed by atoms with Gasteiger partial charge in [-0.1, -0.05) is 13.8 Å². The normalized spacial score (nSPS) is 19.2. The molecule has 0 spiro atoms. The smallest absolute Gasteiger partial charge is 0.213 e. The number of hydrogen-bond acceptors (Lipinski definition) is 4. The largest absolute Gasteiger partial charge is 0.478 e. The third kappa shape index (κ3) is 4.10. The highest BCUT2D eigenvalue weighted by Gasteiger charge is 2.22. The maximum Gasteiger partial charge on any atom is 0.213 e. The van der Waals surface area contributed by atoms with Crippen LogP contribution in [-0.2, 0) is 0 Å². The zero-order valence-electron chi connectivity index (χ0n) is 12.2. The van der Waals surface area contributed by atoms with Crippen LogP contribution in [0.1, 0.15) is 27.2 Å². The molecule has 4 heteroatoms. The predicted molar refractivity (Wildman–Crippen MR) is 78.9 cm³/mol. The summed E-state index contributed by atoms with van der Waals surface area (Å²) in [7, 11) is 0. The molecule has 1 aliphatic heterocycles. The fourth-order valence-corrected chi connectivity index (χ4v) is 2.43. The molecule has 1 N–H and O–H groups in total. The molecule has 1 fully saturated rings. The summed E-state index contributed by atoms with van der Waals surface area (Å²) < 4.78 is 5.37. The molecule has 1 aliphatic rings. The molecule has 0 saturated carbocycles. The first-order valence-electron chi connectivity index (χ1n) is 7.26. The van der Waals surface area contributed by atoms with E-state index in [1.807, 2.05) is 19.2 Å². The Morgan fingerprint density at radius 1 is 1.47 bits per heavy atom. The van der Waals surface area contributed by atoms with Crippen LogP contribution in [-0.4, -0.2) is 37.3 Å². The molecular weight excluding hydrogens is 238 g/mol. The Balaban J connectivity index is 1.86. The van der Waals surface area contributed by atoms with Gasteiger partial charge in [-0.2, -0.15) is 0 Å². The predicted octanol–water partition coefficient (Wildman–Crippen LogP) is 2.30. The monoisotopic (exact) mass is 263 g/mol. The number of hydrogen-bond donors (Lipinski definition) is 1. The van der Waals surface area contributed by atoms with Crippen LogP contribution in [0.3, 0.4) is 0 Å². The molecular formula is C15H25N3O. The Bertz CT molecular complexity index is 377. The second kappa shape index (κ2) is 6.75. The van der Waals surface area contributed by atoms with Gasteiger partial charge < -0.3 is 15.0 Å². The van der Waals surface area contributed by atoms with Gasteiger partial charge in [0.1, 0.15) is 0 Å². The molecule has 2 heterocycles. The maximum absolute atomic E-state index is 5.37. The van der Waals surface area contributed by atoms with Gasteiger partial charge >= 0.3 is 0 Å². The van der Waals surface area contributed by atoms with Crippen LogP contribution < -0.4 is 15.0 Å². The second-order valence-corrected chi connectivity index (χ2v) is 5.45. The zero-order chi connectivity index (χ0) is 13.7. The van der Waals surface area contributed by atoms with Gasteiger partial charge in [0.25, 0.3) is 0 Å². The minimum absolute atomic E-state index is 0.571. The summed E-state index contributed by atoms with van der Waals surface area (Å²) >= 11 is 0. The Hall–Kier alpha value is -1.29. The SMILES string of the molecule is CCOc1ccc(N2CCC(CNC(C)C)C2)cn1. The molecule has 0 radical (unpaired) electrons. The molecule has 1 aromatic rings. The molecule has 0 aromatic carbocycles. The van der Waals surface area contributed by atoms with Crippen molar-refractivity contribution in [3.63, 3.8) is 0 Å². The third-order valence-electron chi connectivity index (χ3n) is 3.48. The number of nitrogens with one attached hydrogen (secondary N) is 1. The average molecular weight is 263 g/mol. The zero-order valence-corrected chi connectivity index (χ0v) is 12.2. The molecule has 1 unspecified atom stereocenters. The van der Waals surface area contributed by atoms with E-state index in [1.54, 1.807) is 0 Å². The number of anilines is 1. The molecule has 1 saturated heterocycles. The van der Waals surface area contributed by atoms with Gasteiger partial charge in [0.2, 0.25) is 5.88 Å². The van der Waals surface area contributed by atoms with Crippen molar-refractivity contribution in [1.82, 2.24) is 10.3 Å². The van der Waals surface area contributed by atoms with E-state index in [0.717, 1.165) is 25.6 Å². The number of ether oxygens (including phenoxy) is 1. The summed E-state index contributed by atoms with van der Waals surface area (Å²) in [5.41, 5.74) is 1.20. The minimum atomic E-state index is 0.571. The van der Waals surface area contributed by atoms with E-state index in [9.17, 15) is 0 Å². The van der Waals surface area contributed by atoms with Crippen LogP contribution in [0.5, 0.6) is 5.88 Å². The number of nitrogens with zero attached hydrogens (tertiary/aromatic N) is 2. The number of pyridine rings is 1. The molecule has 2 rings (SSSR count). The van der Waals surface area contributed by atoms with Crippen molar-refractivity contribution in [3.8, 4) is 5.88 Å². The summed E-state index contributed by atoms with van der Waals surface area (Å²) in [6.45, 7) is 10.4. The van der Waals surface area contributed by atoms with Gasteiger partial charge in [-0.15, -0.1) is 0 Å². The van der Waals surface area contributed by atoms with Crippen LogP contribution in [0.15, 0.2) is 18.3 Å². The first-order chi connectivity index (χ1) is 9.19. The Labute approximate surface area is 116 Å². The quantitative estimate of drug-likeness (QED) is 0.854. The Kier molecular flexibility index (Phi) is 5.02. The highest BCUT2D eigenvalue weighted by atomic mass is 16.5. The fourth-order valence-electron chi connectivity index (χ4n) is 2.43. The van der Waals surface area contributed by atoms with Gasteiger partial charge in [0.05, 0.1) is 18.5 Å². The van der Waals surface area contributed by atoms with Crippen LogP contribution >= 0.6 is 0 Å². The van der Waals surface area contributed by atoms with E-state index in [4.69, 9.17) is 4.74 Å².